The van der Waals surface area contributed by atoms with Crippen LogP contribution in [-0.2, 0) is 0 Å². The number of thiazole rings is 1. The molecule has 1 aromatic carbocycles. The van der Waals surface area contributed by atoms with Gasteiger partial charge < -0.3 is 10.4 Å². The molecular formula is C14H16N2O2S. The van der Waals surface area contributed by atoms with Crippen LogP contribution in [0.25, 0.3) is 0 Å². The molecule has 4 nitrogen and oxygen atoms in total. The molecule has 2 aromatic rings. The lowest BCUT2D eigenvalue weighted by atomic mass is 10.1. The topological polar surface area (TPSA) is 62.2 Å². The van der Waals surface area contributed by atoms with Crippen molar-refractivity contribution in [2.24, 2.45) is 0 Å². The van der Waals surface area contributed by atoms with Crippen LogP contribution in [0.5, 0.6) is 0 Å². The number of carbonyl (C=O) groups is 1. The fraction of sp³-hybridized carbons (Fsp3) is 0.286. The standard InChI is InChI=1S/C14H16N2O2S/c1-8(13-9(2)19-10(3)16-13)15-12-6-4-11(5-7-12)14(17)18/h4-8,15H,1-3H3,(H,17,18). The highest BCUT2D eigenvalue weighted by Crippen LogP contribution is 2.25. The van der Waals surface area contributed by atoms with Gasteiger partial charge in [-0.3, -0.25) is 0 Å². The predicted octanol–water partition coefficient (Wildman–Crippen LogP) is 3.63. The van der Waals surface area contributed by atoms with E-state index in [1.54, 1.807) is 35.6 Å². The number of aromatic carboxylic acids is 1. The van der Waals surface area contributed by atoms with E-state index in [2.05, 4.69) is 17.2 Å². The Morgan fingerprint density at radius 3 is 2.42 bits per heavy atom. The number of rotatable bonds is 4. The number of carboxylic acid groups (broad SMARTS) is 1. The Morgan fingerprint density at radius 1 is 1.32 bits per heavy atom. The molecule has 0 aliphatic heterocycles. The molecule has 1 unspecified atom stereocenters. The fourth-order valence-electron chi connectivity index (χ4n) is 1.97. The average molecular weight is 276 g/mol. The van der Waals surface area contributed by atoms with E-state index in [0.29, 0.717) is 5.56 Å². The average Bonchev–Trinajstić information content (AvgIpc) is 2.69. The van der Waals surface area contributed by atoms with Gasteiger partial charge in [0.25, 0.3) is 0 Å². The molecule has 2 rings (SSSR count). The second-order valence-electron chi connectivity index (χ2n) is 4.42. The van der Waals surface area contributed by atoms with Gasteiger partial charge >= 0.3 is 5.97 Å². The summed E-state index contributed by atoms with van der Waals surface area (Å²) >= 11 is 1.69. The normalized spacial score (nSPS) is 12.2. The number of hydrogen-bond donors (Lipinski definition) is 2. The van der Waals surface area contributed by atoms with Crippen molar-refractivity contribution in [3.8, 4) is 0 Å². The number of nitrogens with zero attached hydrogens (tertiary/aromatic N) is 1. The largest absolute Gasteiger partial charge is 0.478 e. The van der Waals surface area contributed by atoms with Crippen molar-refractivity contribution in [3.63, 3.8) is 0 Å². The smallest absolute Gasteiger partial charge is 0.335 e. The Hall–Kier alpha value is -1.88. The van der Waals surface area contributed by atoms with Gasteiger partial charge in [-0.2, -0.15) is 0 Å². The summed E-state index contributed by atoms with van der Waals surface area (Å²) in [5.41, 5.74) is 2.23. The van der Waals surface area contributed by atoms with Crippen molar-refractivity contribution in [1.82, 2.24) is 4.98 Å². The number of nitrogens with one attached hydrogen (secondary N) is 1. The lowest BCUT2D eigenvalue weighted by Gasteiger charge is -2.14. The zero-order valence-electron chi connectivity index (χ0n) is 11.1. The third-order valence-electron chi connectivity index (χ3n) is 2.86. The maximum Gasteiger partial charge on any atom is 0.335 e. The summed E-state index contributed by atoms with van der Waals surface area (Å²) in [7, 11) is 0. The molecular weight excluding hydrogens is 260 g/mol. The maximum atomic E-state index is 10.8. The molecule has 1 atom stereocenters. The van der Waals surface area contributed by atoms with Crippen molar-refractivity contribution in [2.45, 2.75) is 26.8 Å². The first kappa shape index (κ1) is 13.5. The second kappa shape index (κ2) is 5.40. The van der Waals surface area contributed by atoms with E-state index in [4.69, 9.17) is 5.11 Å². The van der Waals surface area contributed by atoms with Gasteiger partial charge in [0.05, 0.1) is 22.3 Å². The van der Waals surface area contributed by atoms with Gasteiger partial charge in [0.2, 0.25) is 0 Å². The van der Waals surface area contributed by atoms with Gasteiger partial charge in [-0.15, -0.1) is 11.3 Å². The lowest BCUT2D eigenvalue weighted by Crippen LogP contribution is -2.08. The van der Waals surface area contributed by atoms with E-state index in [1.165, 1.54) is 4.88 Å². The zero-order chi connectivity index (χ0) is 14.0. The van der Waals surface area contributed by atoms with Crippen LogP contribution in [0.2, 0.25) is 0 Å². The van der Waals surface area contributed by atoms with Gasteiger partial charge in [-0.25, -0.2) is 9.78 Å². The molecule has 0 bridgehead atoms. The molecule has 0 saturated heterocycles. The van der Waals surface area contributed by atoms with Crippen LogP contribution in [0, 0.1) is 13.8 Å². The van der Waals surface area contributed by atoms with Crippen LogP contribution in [0.3, 0.4) is 0 Å². The molecule has 0 amide bonds. The van der Waals surface area contributed by atoms with Crippen LogP contribution in [0.1, 0.15) is 38.9 Å². The highest BCUT2D eigenvalue weighted by Gasteiger charge is 2.13. The van der Waals surface area contributed by atoms with E-state index < -0.39 is 5.97 Å². The Kier molecular flexibility index (Phi) is 3.85. The van der Waals surface area contributed by atoms with Crippen molar-refractivity contribution in [1.29, 1.82) is 0 Å². The SMILES string of the molecule is Cc1nc(C(C)Nc2ccc(C(=O)O)cc2)c(C)s1. The molecule has 1 aromatic heterocycles. The molecule has 19 heavy (non-hydrogen) atoms. The Balaban J connectivity index is 2.12. The highest BCUT2D eigenvalue weighted by atomic mass is 32.1. The highest BCUT2D eigenvalue weighted by molar-refractivity contribution is 7.11. The molecule has 0 radical (unpaired) electrons. The molecule has 100 valence electrons. The van der Waals surface area contributed by atoms with Crippen LogP contribution in [-0.4, -0.2) is 16.1 Å². The van der Waals surface area contributed by atoms with E-state index >= 15 is 0 Å². The molecule has 0 aliphatic carbocycles. The molecule has 0 fully saturated rings. The minimum Gasteiger partial charge on any atom is -0.478 e. The van der Waals surface area contributed by atoms with Gasteiger partial charge in [-0.1, -0.05) is 0 Å². The third kappa shape index (κ3) is 3.12. The number of aryl methyl sites for hydroxylation is 2. The van der Waals surface area contributed by atoms with Gasteiger partial charge in [0.15, 0.2) is 0 Å². The minimum atomic E-state index is -0.912. The van der Waals surface area contributed by atoms with E-state index in [1.807, 2.05) is 13.8 Å². The summed E-state index contributed by atoms with van der Waals surface area (Å²) in [6.07, 6.45) is 0. The third-order valence-corrected chi connectivity index (χ3v) is 3.77. The predicted molar refractivity (Wildman–Crippen MR) is 77.0 cm³/mol. The van der Waals surface area contributed by atoms with Gasteiger partial charge in [0, 0.05) is 10.6 Å². The Morgan fingerprint density at radius 2 is 1.95 bits per heavy atom. The Labute approximate surface area is 116 Å². The molecule has 5 heteroatoms. The quantitative estimate of drug-likeness (QED) is 0.895. The zero-order valence-corrected chi connectivity index (χ0v) is 11.9. The van der Waals surface area contributed by atoms with E-state index in [0.717, 1.165) is 16.4 Å². The van der Waals surface area contributed by atoms with Crippen molar-refractivity contribution >= 4 is 23.0 Å². The van der Waals surface area contributed by atoms with Gasteiger partial charge in [0.1, 0.15) is 0 Å². The van der Waals surface area contributed by atoms with Crippen molar-refractivity contribution in [2.75, 3.05) is 5.32 Å². The second-order valence-corrected chi connectivity index (χ2v) is 5.83. The summed E-state index contributed by atoms with van der Waals surface area (Å²) in [4.78, 5) is 16.5. The molecule has 0 saturated carbocycles. The van der Waals surface area contributed by atoms with Crippen LogP contribution in [0.4, 0.5) is 5.69 Å². The lowest BCUT2D eigenvalue weighted by molar-refractivity contribution is 0.0697. The number of hydrogen-bond acceptors (Lipinski definition) is 4. The van der Waals surface area contributed by atoms with Crippen LogP contribution in [0.15, 0.2) is 24.3 Å². The molecule has 2 N–H and O–H groups in total. The summed E-state index contributed by atoms with van der Waals surface area (Å²) < 4.78 is 0. The number of benzene rings is 1. The number of anilines is 1. The van der Waals surface area contributed by atoms with Crippen LogP contribution < -0.4 is 5.32 Å². The minimum absolute atomic E-state index is 0.0978. The molecule has 1 heterocycles. The maximum absolute atomic E-state index is 10.8. The summed E-state index contributed by atoms with van der Waals surface area (Å²) in [6, 6.07) is 6.83. The first-order chi connectivity index (χ1) is 8.97. The Bertz CT molecular complexity index is 590. The summed E-state index contributed by atoms with van der Waals surface area (Å²) in [6.45, 7) is 6.11. The molecule has 0 aliphatic rings. The fourth-order valence-corrected chi connectivity index (χ4v) is 2.89. The van der Waals surface area contributed by atoms with E-state index in [-0.39, 0.29) is 6.04 Å². The number of carboxylic acids is 1. The summed E-state index contributed by atoms with van der Waals surface area (Å²) in [5, 5.41) is 13.2. The molecule has 0 spiro atoms. The first-order valence-corrected chi connectivity index (χ1v) is 6.83. The van der Waals surface area contributed by atoms with Crippen molar-refractivity contribution in [3.05, 3.63) is 45.4 Å². The monoisotopic (exact) mass is 276 g/mol. The van der Waals surface area contributed by atoms with Crippen LogP contribution >= 0.6 is 11.3 Å². The van der Waals surface area contributed by atoms with Gasteiger partial charge in [-0.05, 0) is 45.0 Å². The summed E-state index contributed by atoms with van der Waals surface area (Å²) in [5.74, 6) is -0.912. The van der Waals surface area contributed by atoms with Crippen molar-refractivity contribution < 1.29 is 9.90 Å². The number of aromatic nitrogens is 1. The van der Waals surface area contributed by atoms with E-state index in [9.17, 15) is 4.79 Å². The first-order valence-electron chi connectivity index (χ1n) is 6.01.